The maximum Gasteiger partial charge on any atom is -0.0253 e. The van der Waals surface area contributed by atoms with E-state index in [4.69, 9.17) is 17.0 Å². The van der Waals surface area contributed by atoms with Gasteiger partial charge in [0.25, 0.3) is 0 Å². The third-order valence-corrected chi connectivity index (χ3v) is 6.84. The normalized spacial score (nSPS) is 16.0. The van der Waals surface area contributed by atoms with Gasteiger partial charge in [-0.3, -0.25) is 0 Å². The molecule has 152 valence electrons. The smallest absolute Gasteiger partial charge is 0.0253 e. The number of allylic oxidation sites excluding steroid dienone is 1. The van der Waals surface area contributed by atoms with Gasteiger partial charge in [-0.15, -0.1) is 58.8 Å². The van der Waals surface area contributed by atoms with Crippen molar-refractivity contribution in [1.82, 2.24) is 0 Å². The fraction of sp³-hybridized carbons (Fsp3) is 0.0833. The second kappa shape index (κ2) is 11.6. The van der Waals surface area contributed by atoms with Crippen LogP contribution < -0.4 is 0 Å². The van der Waals surface area contributed by atoms with E-state index in [9.17, 15) is 0 Å². The van der Waals surface area contributed by atoms with Crippen LogP contribution in [-0.4, -0.2) is 0 Å². The third-order valence-electron chi connectivity index (χ3n) is 4.95. The van der Waals surface area contributed by atoms with Crippen molar-refractivity contribution >= 4 is 64.3 Å². The van der Waals surface area contributed by atoms with Gasteiger partial charge in [0.15, 0.2) is 0 Å². The second-order valence-electron chi connectivity index (χ2n) is 6.60. The summed E-state index contributed by atoms with van der Waals surface area (Å²) >= 11 is 4.56. The molecule has 0 fully saturated rings. The van der Waals surface area contributed by atoms with Crippen LogP contribution in [0.2, 0.25) is 0 Å². The molecule has 3 aromatic carbocycles. The van der Waals surface area contributed by atoms with Crippen molar-refractivity contribution in [3.63, 3.8) is 0 Å². The number of benzene rings is 3. The molecule has 1 heterocycles. The van der Waals surface area contributed by atoms with Crippen LogP contribution in [0.4, 0.5) is 0 Å². The molecular formula is C24H16BrCl2S2Zr-3. The largest absolute Gasteiger partial charge is 0.813 e. The van der Waals surface area contributed by atoms with Crippen LogP contribution in [0.1, 0.15) is 27.5 Å². The molecule has 1 unspecified atom stereocenters. The number of hydrogen-bond donors (Lipinski definition) is 0. The van der Waals surface area contributed by atoms with E-state index in [-0.39, 0.29) is 13.5 Å². The van der Waals surface area contributed by atoms with Crippen LogP contribution in [0.5, 0.6) is 0 Å². The van der Waals surface area contributed by atoms with Crippen molar-refractivity contribution in [3.05, 3.63) is 111 Å². The van der Waals surface area contributed by atoms with Crippen LogP contribution in [-0.2, 0) is 40.8 Å². The quantitative estimate of drug-likeness (QED) is 0.112. The van der Waals surface area contributed by atoms with E-state index in [1.165, 1.54) is 42.8 Å². The summed E-state index contributed by atoms with van der Waals surface area (Å²) in [6.45, 7) is 0. The minimum Gasteiger partial charge on any atom is -0.813 e. The Labute approximate surface area is 216 Å². The summed E-state index contributed by atoms with van der Waals surface area (Å²) < 4.78 is 1.23. The summed E-state index contributed by atoms with van der Waals surface area (Å²) in [7, 11) is 9.87. The van der Waals surface area contributed by atoms with Gasteiger partial charge in [0.1, 0.15) is 0 Å². The first-order chi connectivity index (χ1) is 14.2. The molecule has 0 amide bonds. The molecule has 1 aliphatic heterocycles. The first-order valence-electron chi connectivity index (χ1n) is 9.01. The second-order valence-corrected chi connectivity index (χ2v) is 12.9. The van der Waals surface area contributed by atoms with Gasteiger partial charge in [0.2, 0.25) is 0 Å². The number of fused-ring (bicyclic) bond motifs is 6. The molecule has 0 saturated carbocycles. The van der Waals surface area contributed by atoms with Crippen LogP contribution in [0.25, 0.3) is 17.2 Å². The van der Waals surface area contributed by atoms with Crippen molar-refractivity contribution in [2.75, 3.05) is 0 Å². The molecule has 3 aromatic rings. The molecule has 0 bridgehead atoms. The minimum atomic E-state index is -0.826. The van der Waals surface area contributed by atoms with Gasteiger partial charge in [0, 0.05) is 9.06 Å². The van der Waals surface area contributed by atoms with E-state index in [1.54, 1.807) is 0 Å². The van der Waals surface area contributed by atoms with Crippen molar-refractivity contribution in [2.24, 2.45) is 0 Å². The van der Waals surface area contributed by atoms with Gasteiger partial charge in [-0.1, -0.05) is 41.0 Å². The molecule has 1 atom stereocenters. The molecule has 0 saturated heterocycles. The van der Waals surface area contributed by atoms with E-state index < -0.39 is 20.8 Å². The molecule has 30 heavy (non-hydrogen) atoms. The first-order valence-corrected chi connectivity index (χ1v) is 17.0. The molecule has 0 aromatic heterocycles. The monoisotopic (exact) mass is 607 g/mol. The molecule has 0 spiro atoms. The number of rotatable bonds is 0. The Morgan fingerprint density at radius 1 is 0.933 bits per heavy atom. The molecule has 6 rings (SSSR count). The predicted octanol–water partition coefficient (Wildman–Crippen LogP) is 8.07. The van der Waals surface area contributed by atoms with E-state index in [0.29, 0.717) is 5.25 Å². The van der Waals surface area contributed by atoms with Gasteiger partial charge >= 0.3 is 37.9 Å². The Hall–Kier alpha value is -0.217. The Morgan fingerprint density at radius 3 is 2.47 bits per heavy atom. The first kappa shape index (κ1) is 24.4. The zero-order chi connectivity index (χ0) is 20.2. The molecule has 0 nitrogen and oxygen atoms in total. The molecule has 3 aliphatic rings. The number of halogens is 3. The molecule has 0 N–H and O–H groups in total. The van der Waals surface area contributed by atoms with Crippen molar-refractivity contribution < 1.29 is 20.8 Å². The standard InChI is InChI=1S/C13H9.C11H6BrS.2ClH.H2S.Zr/c1-3-7-12-10(5-1)9-11-6-2-4-8-13(11)12;12-10-6-8-5-7-3-1-2-4-9(7)11(8)13-10;;;;/h1-5,7-8H,9H2;1-2,4-6,11H;2*1H;1H2;/q2*-1;;;;+2/p-3. The van der Waals surface area contributed by atoms with E-state index in [2.05, 4.69) is 88.7 Å². The minimum absolute atomic E-state index is 0. The fourth-order valence-corrected chi connectivity index (χ4v) is 5.62. The summed E-state index contributed by atoms with van der Waals surface area (Å²) in [5, 5.41) is 0.516. The zero-order valence-corrected chi connectivity index (χ0v) is 23.0. The Balaban J connectivity index is 0.000000147. The van der Waals surface area contributed by atoms with Crippen LogP contribution in [0, 0.1) is 12.1 Å². The number of thiol groups is 1. The van der Waals surface area contributed by atoms with Crippen molar-refractivity contribution in [3.8, 4) is 11.1 Å². The van der Waals surface area contributed by atoms with E-state index in [0.717, 1.165) is 6.42 Å². The van der Waals surface area contributed by atoms with Gasteiger partial charge in [0.05, 0.1) is 0 Å². The fourth-order valence-electron chi connectivity index (χ4n) is 3.76. The van der Waals surface area contributed by atoms with E-state index >= 15 is 0 Å². The zero-order valence-electron chi connectivity index (χ0n) is 15.7. The predicted molar refractivity (Wildman–Crippen MR) is 135 cm³/mol. The van der Waals surface area contributed by atoms with Crippen LogP contribution in [0.3, 0.4) is 0 Å². The average Bonchev–Trinajstić information content (AvgIpc) is 3.39. The van der Waals surface area contributed by atoms with Gasteiger partial charge < -0.3 is 13.5 Å². The van der Waals surface area contributed by atoms with Crippen molar-refractivity contribution in [2.45, 2.75) is 11.7 Å². The summed E-state index contributed by atoms with van der Waals surface area (Å²) in [5.41, 5.74) is 9.56. The number of hydrogen-bond acceptors (Lipinski definition) is 2. The maximum absolute atomic E-state index is 4.93. The van der Waals surface area contributed by atoms with Crippen LogP contribution in [0.15, 0.2) is 76.1 Å². The maximum atomic E-state index is 4.93. The molecule has 2 aliphatic carbocycles. The third kappa shape index (κ3) is 5.39. The molecule has 0 radical (unpaired) electrons. The van der Waals surface area contributed by atoms with Gasteiger partial charge in [-0.2, -0.15) is 29.8 Å². The summed E-state index contributed by atoms with van der Waals surface area (Å²) in [5.74, 6) is 0. The average molecular weight is 611 g/mol. The SMILES string of the molecule is BrC1=CC2=Cc3[c-]cccc3C2S1.[Cl][Zr][Cl].[SH-].[c-]1cccc2c1Cc1ccccc1-2. The Kier molecular flexibility index (Phi) is 9.44. The summed E-state index contributed by atoms with van der Waals surface area (Å²) in [6.07, 6.45) is 5.47. The van der Waals surface area contributed by atoms with Gasteiger partial charge in [-0.25, -0.2) is 0 Å². The number of thioether (sulfide) groups is 1. The molecule has 6 heteroatoms. The topological polar surface area (TPSA) is 0 Å². The summed E-state index contributed by atoms with van der Waals surface area (Å²) in [4.78, 5) is 0. The Morgan fingerprint density at radius 2 is 1.63 bits per heavy atom. The Bertz CT molecular complexity index is 1050. The van der Waals surface area contributed by atoms with Crippen LogP contribution >= 0.6 is 44.7 Å². The summed E-state index contributed by atoms with van der Waals surface area (Å²) in [6, 6.07) is 27.6. The van der Waals surface area contributed by atoms with E-state index in [1.807, 2.05) is 23.9 Å². The van der Waals surface area contributed by atoms with Gasteiger partial charge in [-0.05, 0) is 28.4 Å². The van der Waals surface area contributed by atoms with Crippen molar-refractivity contribution in [1.29, 1.82) is 0 Å². The molecular weight excluding hydrogens is 594 g/mol.